The molecule has 0 aliphatic carbocycles. The first-order valence-electron chi connectivity index (χ1n) is 3.86. The molecule has 0 aliphatic rings. The third kappa shape index (κ3) is 2.36. The largest absolute Gasteiger partial charge is 0.496 e. The molecule has 0 saturated carbocycles. The van der Waals surface area contributed by atoms with Crippen LogP contribution in [0.15, 0.2) is 12.1 Å². The van der Waals surface area contributed by atoms with Gasteiger partial charge in [0.15, 0.2) is 0 Å². The number of alkyl halides is 2. The maximum Gasteiger partial charge on any atom is 0.337 e. The van der Waals surface area contributed by atoms with Crippen LogP contribution in [0.4, 0.5) is 8.78 Å². The molecule has 1 rings (SSSR count). The summed E-state index contributed by atoms with van der Waals surface area (Å²) in [5, 5.41) is 8.45. The van der Waals surface area contributed by atoms with Crippen molar-refractivity contribution in [2.75, 3.05) is 7.11 Å². The fourth-order valence-corrected chi connectivity index (χ4v) is 1.33. The van der Waals surface area contributed by atoms with Crippen LogP contribution in [-0.2, 0) is 0 Å². The van der Waals surface area contributed by atoms with E-state index in [1.807, 2.05) is 0 Å². The first-order valence-corrected chi connectivity index (χ1v) is 4.24. The molecule has 0 fully saturated rings. The average Bonchev–Trinajstić information content (AvgIpc) is 2.16. The van der Waals surface area contributed by atoms with Gasteiger partial charge in [-0.25, -0.2) is 13.6 Å². The fourth-order valence-electron chi connectivity index (χ4n) is 1.08. The molecular weight excluding hydrogens is 230 g/mol. The molecule has 0 heterocycles. The van der Waals surface area contributed by atoms with Crippen molar-refractivity contribution in [1.29, 1.82) is 0 Å². The summed E-state index contributed by atoms with van der Waals surface area (Å²) in [4.78, 5) is 10.6. The van der Waals surface area contributed by atoms with Crippen molar-refractivity contribution in [3.63, 3.8) is 0 Å². The lowest BCUT2D eigenvalue weighted by atomic mass is 10.1. The Morgan fingerprint density at radius 3 is 2.53 bits per heavy atom. The molecule has 3 nitrogen and oxygen atoms in total. The standard InChI is InChI=1S/C9H7ClF2O3/c1-15-7-3-4(9(13)14)6(10)2-5(7)8(11)12/h2-3,8H,1H3,(H,13,14). The lowest BCUT2D eigenvalue weighted by Crippen LogP contribution is -2.01. The van der Waals surface area contributed by atoms with E-state index >= 15 is 0 Å². The Labute approximate surface area is 89.2 Å². The van der Waals surface area contributed by atoms with Crippen LogP contribution in [0.2, 0.25) is 5.02 Å². The van der Waals surface area contributed by atoms with E-state index in [0.717, 1.165) is 12.1 Å². The van der Waals surface area contributed by atoms with Crippen LogP contribution in [-0.4, -0.2) is 18.2 Å². The van der Waals surface area contributed by atoms with E-state index in [0.29, 0.717) is 0 Å². The van der Waals surface area contributed by atoms with Crippen molar-refractivity contribution in [3.05, 3.63) is 28.3 Å². The molecule has 6 heteroatoms. The molecule has 1 aromatic carbocycles. The van der Waals surface area contributed by atoms with E-state index in [9.17, 15) is 13.6 Å². The zero-order chi connectivity index (χ0) is 11.6. The molecule has 0 saturated heterocycles. The molecule has 0 aliphatic heterocycles. The van der Waals surface area contributed by atoms with Crippen LogP contribution in [0.5, 0.6) is 5.75 Å². The van der Waals surface area contributed by atoms with Crippen LogP contribution < -0.4 is 4.74 Å². The van der Waals surface area contributed by atoms with Gasteiger partial charge in [0.2, 0.25) is 0 Å². The third-order valence-corrected chi connectivity index (χ3v) is 2.10. The van der Waals surface area contributed by atoms with Gasteiger partial charge in [-0.3, -0.25) is 0 Å². The molecule has 0 bridgehead atoms. The van der Waals surface area contributed by atoms with E-state index in [1.54, 1.807) is 0 Å². The summed E-state index contributed by atoms with van der Waals surface area (Å²) in [5.41, 5.74) is -0.689. The molecule has 1 aromatic rings. The number of hydrogen-bond donors (Lipinski definition) is 1. The number of rotatable bonds is 3. The maximum atomic E-state index is 12.4. The minimum atomic E-state index is -2.76. The van der Waals surface area contributed by atoms with Gasteiger partial charge in [0, 0.05) is 0 Å². The van der Waals surface area contributed by atoms with Gasteiger partial charge in [-0.15, -0.1) is 0 Å². The second kappa shape index (κ2) is 4.44. The van der Waals surface area contributed by atoms with Crippen molar-refractivity contribution < 1.29 is 23.4 Å². The minimum Gasteiger partial charge on any atom is -0.496 e. The smallest absolute Gasteiger partial charge is 0.337 e. The molecule has 82 valence electrons. The molecule has 1 N–H and O–H groups in total. The second-order valence-corrected chi connectivity index (χ2v) is 3.09. The van der Waals surface area contributed by atoms with Gasteiger partial charge in [-0.1, -0.05) is 11.6 Å². The fraction of sp³-hybridized carbons (Fsp3) is 0.222. The number of carboxylic acid groups (broad SMARTS) is 1. The van der Waals surface area contributed by atoms with Crippen LogP contribution in [0, 0.1) is 0 Å². The van der Waals surface area contributed by atoms with Crippen LogP contribution in [0.25, 0.3) is 0 Å². The Morgan fingerprint density at radius 1 is 1.53 bits per heavy atom. The summed E-state index contributed by atoms with van der Waals surface area (Å²) in [6, 6.07) is 1.88. The monoisotopic (exact) mass is 236 g/mol. The van der Waals surface area contributed by atoms with Crippen molar-refractivity contribution in [1.82, 2.24) is 0 Å². The Morgan fingerprint density at radius 2 is 2.13 bits per heavy atom. The number of ether oxygens (including phenoxy) is 1. The van der Waals surface area contributed by atoms with Crippen molar-refractivity contribution in [3.8, 4) is 5.75 Å². The molecule has 0 radical (unpaired) electrons. The number of aromatic carboxylic acids is 1. The summed E-state index contributed by atoms with van der Waals surface area (Å²) >= 11 is 5.53. The third-order valence-electron chi connectivity index (χ3n) is 1.78. The Hall–Kier alpha value is -1.36. The van der Waals surface area contributed by atoms with E-state index in [4.69, 9.17) is 16.7 Å². The number of carbonyl (C=O) groups is 1. The highest BCUT2D eigenvalue weighted by molar-refractivity contribution is 6.33. The quantitative estimate of drug-likeness (QED) is 0.878. The summed E-state index contributed by atoms with van der Waals surface area (Å²) in [6.07, 6.45) is -2.76. The molecule has 0 atom stereocenters. The van der Waals surface area contributed by atoms with Crippen molar-refractivity contribution in [2.45, 2.75) is 6.43 Å². The molecule has 0 amide bonds. The van der Waals surface area contributed by atoms with Gasteiger partial charge < -0.3 is 9.84 Å². The van der Waals surface area contributed by atoms with Gasteiger partial charge in [0.05, 0.1) is 23.3 Å². The molecule has 0 aromatic heterocycles. The maximum absolute atomic E-state index is 12.4. The van der Waals surface area contributed by atoms with Gasteiger partial charge >= 0.3 is 5.97 Å². The molecule has 15 heavy (non-hydrogen) atoms. The van der Waals surface area contributed by atoms with Gasteiger partial charge in [-0.2, -0.15) is 0 Å². The number of hydrogen-bond acceptors (Lipinski definition) is 2. The lowest BCUT2D eigenvalue weighted by Gasteiger charge is -2.09. The summed E-state index contributed by atoms with van der Waals surface area (Å²) < 4.78 is 29.5. The van der Waals surface area contributed by atoms with Gasteiger partial charge in [0.1, 0.15) is 5.75 Å². The van der Waals surface area contributed by atoms with Gasteiger partial charge in [0.25, 0.3) is 6.43 Å². The normalized spacial score (nSPS) is 10.5. The highest BCUT2D eigenvalue weighted by Gasteiger charge is 2.19. The van der Waals surface area contributed by atoms with E-state index in [2.05, 4.69) is 4.74 Å². The van der Waals surface area contributed by atoms with Gasteiger partial charge in [-0.05, 0) is 12.1 Å². The SMILES string of the molecule is COc1cc(C(=O)O)c(Cl)cc1C(F)F. The average molecular weight is 237 g/mol. The summed E-state index contributed by atoms with van der Waals surface area (Å²) in [7, 11) is 1.18. The minimum absolute atomic E-state index is 0.188. The van der Waals surface area contributed by atoms with E-state index in [1.165, 1.54) is 7.11 Å². The highest BCUT2D eigenvalue weighted by Crippen LogP contribution is 2.33. The van der Waals surface area contributed by atoms with Crippen LogP contribution in [0.3, 0.4) is 0 Å². The lowest BCUT2D eigenvalue weighted by molar-refractivity contribution is 0.0696. The Kier molecular flexibility index (Phi) is 3.47. The van der Waals surface area contributed by atoms with Crippen molar-refractivity contribution >= 4 is 17.6 Å². The van der Waals surface area contributed by atoms with Crippen molar-refractivity contribution in [2.24, 2.45) is 0 Å². The number of halogens is 3. The highest BCUT2D eigenvalue weighted by atomic mass is 35.5. The Balaban J connectivity index is 3.35. The number of carboxylic acids is 1. The number of methoxy groups -OCH3 is 1. The van der Waals surface area contributed by atoms with E-state index < -0.39 is 18.0 Å². The zero-order valence-corrected chi connectivity index (χ0v) is 8.39. The Bertz CT molecular complexity index is 393. The topological polar surface area (TPSA) is 46.5 Å². The molecule has 0 spiro atoms. The van der Waals surface area contributed by atoms with Crippen LogP contribution in [0.1, 0.15) is 22.3 Å². The summed E-state index contributed by atoms with van der Waals surface area (Å²) in [5.74, 6) is -1.48. The predicted octanol–water partition coefficient (Wildman–Crippen LogP) is 2.98. The predicted molar refractivity (Wildman–Crippen MR) is 49.9 cm³/mol. The first kappa shape index (κ1) is 11.7. The van der Waals surface area contributed by atoms with Crippen LogP contribution >= 0.6 is 11.6 Å². The second-order valence-electron chi connectivity index (χ2n) is 2.68. The zero-order valence-electron chi connectivity index (χ0n) is 7.63. The first-order chi connectivity index (χ1) is 6.97. The molecular formula is C9H7ClF2O3. The number of benzene rings is 1. The molecule has 0 unspecified atom stereocenters. The van der Waals surface area contributed by atoms with E-state index in [-0.39, 0.29) is 16.3 Å². The summed E-state index contributed by atoms with van der Waals surface area (Å²) in [6.45, 7) is 0.